The molecular weight excluding hydrogens is 188 g/mol. The van der Waals surface area contributed by atoms with Crippen molar-refractivity contribution in [3.8, 4) is 0 Å². The average molecular weight is 212 g/mol. The van der Waals surface area contributed by atoms with Crippen molar-refractivity contribution < 1.29 is 0 Å². The Hall–Kier alpha value is -0.770. The third-order valence-electron chi connectivity index (χ3n) is 2.56. The van der Waals surface area contributed by atoms with E-state index in [1.54, 1.807) is 0 Å². The van der Waals surface area contributed by atoms with Crippen LogP contribution in [-0.4, -0.2) is 29.5 Å². The third-order valence-corrected chi connectivity index (χ3v) is 2.56. The molecule has 15 heavy (non-hydrogen) atoms. The Morgan fingerprint density at radius 3 is 2.33 bits per heavy atom. The first-order valence-corrected chi connectivity index (χ1v) is 5.85. The number of hydrogen-bond acceptors (Lipinski definition) is 2. The van der Waals surface area contributed by atoms with Gasteiger partial charge >= 0.3 is 0 Å². The van der Waals surface area contributed by atoms with Crippen LogP contribution in [-0.2, 0) is 0 Å². The van der Waals surface area contributed by atoms with Gasteiger partial charge in [-0.2, -0.15) is 0 Å². The number of hydrogen-bond donors (Lipinski definition) is 2. The maximum absolute atomic E-state index is 5.53. The second-order valence-corrected chi connectivity index (χ2v) is 4.88. The minimum atomic E-state index is 0.275. The molecule has 0 atom stereocenters. The van der Waals surface area contributed by atoms with Crippen molar-refractivity contribution in [3.05, 3.63) is 0 Å². The summed E-state index contributed by atoms with van der Waals surface area (Å²) in [4.78, 5) is 6.77. The molecule has 0 radical (unpaired) electrons. The number of hydrazine groups is 1. The van der Waals surface area contributed by atoms with Gasteiger partial charge in [0.2, 0.25) is 5.96 Å². The predicted octanol–water partition coefficient (Wildman–Crippen LogP) is 1.33. The Bertz CT molecular complexity index is 219. The van der Waals surface area contributed by atoms with Crippen LogP contribution in [0.25, 0.3) is 0 Å². The fourth-order valence-corrected chi connectivity index (χ4v) is 1.56. The van der Waals surface area contributed by atoms with E-state index in [0.717, 1.165) is 18.4 Å². The summed E-state index contributed by atoms with van der Waals surface area (Å²) in [5.74, 6) is 7.20. The number of aliphatic imine (C=N–C) groups is 1. The maximum Gasteiger partial charge on any atom is 0.208 e. The SMILES string of the molecule is CC(C)N=C(NN)N(CC1CC1)C(C)C. The van der Waals surface area contributed by atoms with Crippen LogP contribution >= 0.6 is 0 Å². The smallest absolute Gasteiger partial charge is 0.208 e. The predicted molar refractivity (Wildman–Crippen MR) is 64.5 cm³/mol. The standard InChI is InChI=1S/C11H24N4/c1-8(2)13-11(14-12)15(9(3)4)7-10-5-6-10/h8-10H,5-7,12H2,1-4H3,(H,13,14). The van der Waals surface area contributed by atoms with Gasteiger partial charge in [0.1, 0.15) is 0 Å². The number of nitrogens with one attached hydrogen (secondary N) is 1. The van der Waals surface area contributed by atoms with E-state index in [1.165, 1.54) is 12.8 Å². The van der Waals surface area contributed by atoms with Crippen LogP contribution in [0.15, 0.2) is 4.99 Å². The highest BCUT2D eigenvalue weighted by molar-refractivity contribution is 5.79. The summed E-state index contributed by atoms with van der Waals surface area (Å²) < 4.78 is 0. The summed E-state index contributed by atoms with van der Waals surface area (Å²) >= 11 is 0. The molecule has 0 saturated heterocycles. The summed E-state index contributed by atoms with van der Waals surface area (Å²) in [5, 5.41) is 0. The van der Waals surface area contributed by atoms with Crippen molar-refractivity contribution in [1.29, 1.82) is 0 Å². The molecule has 1 aliphatic carbocycles. The number of guanidine groups is 1. The van der Waals surface area contributed by atoms with Crippen LogP contribution in [0.1, 0.15) is 40.5 Å². The summed E-state index contributed by atoms with van der Waals surface area (Å²) in [6, 6.07) is 0.718. The molecule has 0 unspecified atom stereocenters. The van der Waals surface area contributed by atoms with Crippen molar-refractivity contribution in [1.82, 2.24) is 10.3 Å². The molecule has 4 nitrogen and oxygen atoms in total. The summed E-state index contributed by atoms with van der Waals surface area (Å²) in [7, 11) is 0. The van der Waals surface area contributed by atoms with E-state index in [1.807, 2.05) is 0 Å². The van der Waals surface area contributed by atoms with Gasteiger partial charge in [0, 0.05) is 18.6 Å². The lowest BCUT2D eigenvalue weighted by molar-refractivity contribution is 0.323. The lowest BCUT2D eigenvalue weighted by Gasteiger charge is -2.30. The highest BCUT2D eigenvalue weighted by atomic mass is 15.4. The highest BCUT2D eigenvalue weighted by Crippen LogP contribution is 2.30. The molecule has 0 amide bonds. The van der Waals surface area contributed by atoms with Gasteiger partial charge in [0.25, 0.3) is 0 Å². The summed E-state index contributed by atoms with van der Waals surface area (Å²) in [6.45, 7) is 9.55. The third kappa shape index (κ3) is 4.08. The summed E-state index contributed by atoms with van der Waals surface area (Å²) in [6.07, 6.45) is 2.70. The largest absolute Gasteiger partial charge is 0.339 e. The van der Waals surface area contributed by atoms with Gasteiger partial charge in [-0.25, -0.2) is 10.8 Å². The van der Waals surface area contributed by atoms with Crippen molar-refractivity contribution in [2.75, 3.05) is 6.54 Å². The molecule has 3 N–H and O–H groups in total. The minimum absolute atomic E-state index is 0.275. The zero-order chi connectivity index (χ0) is 11.4. The highest BCUT2D eigenvalue weighted by Gasteiger charge is 2.27. The van der Waals surface area contributed by atoms with Crippen LogP contribution in [0.5, 0.6) is 0 Å². The molecule has 0 bridgehead atoms. The van der Waals surface area contributed by atoms with Crippen LogP contribution in [0, 0.1) is 5.92 Å². The number of nitrogens with zero attached hydrogens (tertiary/aromatic N) is 2. The molecule has 1 rings (SSSR count). The molecule has 1 aliphatic rings. The molecule has 4 heteroatoms. The molecule has 1 fully saturated rings. The van der Waals surface area contributed by atoms with Crippen LogP contribution < -0.4 is 11.3 Å². The van der Waals surface area contributed by atoms with Crippen LogP contribution in [0.4, 0.5) is 0 Å². The Morgan fingerprint density at radius 1 is 1.40 bits per heavy atom. The second-order valence-electron chi connectivity index (χ2n) is 4.88. The van der Waals surface area contributed by atoms with Crippen molar-refractivity contribution >= 4 is 5.96 Å². The van der Waals surface area contributed by atoms with E-state index in [4.69, 9.17) is 5.84 Å². The van der Waals surface area contributed by atoms with Gasteiger partial charge in [-0.15, -0.1) is 0 Å². The number of rotatable bonds is 4. The number of nitrogens with two attached hydrogens (primary N) is 1. The summed E-state index contributed by atoms with van der Waals surface area (Å²) in [5.41, 5.74) is 2.72. The van der Waals surface area contributed by atoms with E-state index >= 15 is 0 Å². The maximum atomic E-state index is 5.53. The van der Waals surface area contributed by atoms with E-state index in [9.17, 15) is 0 Å². The van der Waals surface area contributed by atoms with Crippen molar-refractivity contribution in [2.24, 2.45) is 16.8 Å². The zero-order valence-corrected chi connectivity index (χ0v) is 10.3. The van der Waals surface area contributed by atoms with Gasteiger partial charge in [0.05, 0.1) is 0 Å². The van der Waals surface area contributed by atoms with Gasteiger partial charge in [-0.05, 0) is 46.5 Å². The van der Waals surface area contributed by atoms with Gasteiger partial charge in [-0.3, -0.25) is 5.43 Å². The average Bonchev–Trinajstić information content (AvgIpc) is 2.93. The second kappa shape index (κ2) is 5.35. The van der Waals surface area contributed by atoms with Gasteiger partial charge in [-0.1, -0.05) is 0 Å². The van der Waals surface area contributed by atoms with Crippen molar-refractivity contribution in [3.63, 3.8) is 0 Å². The fraction of sp³-hybridized carbons (Fsp3) is 0.909. The minimum Gasteiger partial charge on any atom is -0.339 e. The topological polar surface area (TPSA) is 53.6 Å². The van der Waals surface area contributed by atoms with E-state index in [-0.39, 0.29) is 6.04 Å². The molecule has 1 saturated carbocycles. The van der Waals surface area contributed by atoms with E-state index in [2.05, 4.69) is 43.0 Å². The van der Waals surface area contributed by atoms with Crippen molar-refractivity contribution in [2.45, 2.75) is 52.6 Å². The molecule has 0 aromatic rings. The Kier molecular flexibility index (Phi) is 4.39. The van der Waals surface area contributed by atoms with E-state index in [0.29, 0.717) is 6.04 Å². The molecule has 0 spiro atoms. The molecule has 0 heterocycles. The lowest BCUT2D eigenvalue weighted by Crippen LogP contribution is -2.49. The van der Waals surface area contributed by atoms with E-state index < -0.39 is 0 Å². The quantitative estimate of drug-likeness (QED) is 0.320. The lowest BCUT2D eigenvalue weighted by atomic mass is 10.3. The normalized spacial score (nSPS) is 17.4. The molecule has 0 aromatic heterocycles. The Morgan fingerprint density at radius 2 is 2.00 bits per heavy atom. The Labute approximate surface area is 92.9 Å². The first-order chi connectivity index (χ1) is 7.04. The molecule has 0 aromatic carbocycles. The van der Waals surface area contributed by atoms with Crippen LogP contribution in [0.3, 0.4) is 0 Å². The molecular formula is C11H24N4. The zero-order valence-electron chi connectivity index (χ0n) is 10.3. The van der Waals surface area contributed by atoms with Crippen LogP contribution in [0.2, 0.25) is 0 Å². The first kappa shape index (κ1) is 12.3. The molecule has 88 valence electrons. The first-order valence-electron chi connectivity index (χ1n) is 5.85. The Balaban J connectivity index is 2.65. The fourth-order valence-electron chi connectivity index (χ4n) is 1.56. The van der Waals surface area contributed by atoms with Gasteiger partial charge < -0.3 is 4.90 Å². The monoisotopic (exact) mass is 212 g/mol. The van der Waals surface area contributed by atoms with Gasteiger partial charge in [0.15, 0.2) is 0 Å². The molecule has 0 aliphatic heterocycles.